The Morgan fingerprint density at radius 3 is 2.65 bits per heavy atom. The summed E-state index contributed by atoms with van der Waals surface area (Å²) in [5.41, 5.74) is 2.16. The maximum absolute atomic E-state index is 10.9. The highest BCUT2D eigenvalue weighted by atomic mass is 35.5. The molecular weight excluding hydrogens is 294 g/mol. The maximum Gasteiger partial charge on any atom is 0.308 e. The lowest BCUT2D eigenvalue weighted by Gasteiger charge is -1.97. The molecule has 0 amide bonds. The lowest BCUT2D eigenvalue weighted by atomic mass is 10.1. The average Bonchev–Trinajstić information content (AvgIpc) is 3.16. The lowest BCUT2D eigenvalue weighted by Crippen LogP contribution is -2.00. The molecule has 0 spiro atoms. The second-order valence-electron chi connectivity index (χ2n) is 5.06. The minimum Gasteiger partial charge on any atom is -0.481 e. The highest BCUT2D eigenvalue weighted by molar-refractivity contribution is 7.11. The molecule has 0 unspecified atom stereocenters. The first-order valence-electron chi connectivity index (χ1n) is 6.56. The van der Waals surface area contributed by atoms with E-state index in [0.29, 0.717) is 5.92 Å². The number of carboxylic acid groups (broad SMARTS) is 1. The number of nitrogens with zero attached hydrogens (tertiary/aromatic N) is 1. The first kappa shape index (κ1) is 13.6. The van der Waals surface area contributed by atoms with Gasteiger partial charge in [-0.2, -0.15) is 0 Å². The van der Waals surface area contributed by atoms with Crippen molar-refractivity contribution in [3.63, 3.8) is 0 Å². The van der Waals surface area contributed by atoms with E-state index in [9.17, 15) is 4.79 Å². The SMILES string of the molecule is O=C(O)Cc1sc(Cc2ccc(Cl)cc2)nc1C1CC1. The molecule has 0 atom stereocenters. The quantitative estimate of drug-likeness (QED) is 0.911. The summed E-state index contributed by atoms with van der Waals surface area (Å²) in [4.78, 5) is 16.5. The highest BCUT2D eigenvalue weighted by Gasteiger charge is 2.30. The lowest BCUT2D eigenvalue weighted by molar-refractivity contribution is -0.136. The van der Waals surface area contributed by atoms with Crippen LogP contribution in [0, 0.1) is 0 Å². The minimum absolute atomic E-state index is 0.0874. The minimum atomic E-state index is -0.784. The van der Waals surface area contributed by atoms with Crippen LogP contribution in [0.4, 0.5) is 0 Å². The predicted octanol–water partition coefficient (Wildman–Crippen LogP) is 3.89. The summed E-state index contributed by atoms with van der Waals surface area (Å²) in [6.07, 6.45) is 3.10. The molecule has 1 aromatic carbocycles. The predicted molar refractivity (Wildman–Crippen MR) is 79.7 cm³/mol. The molecule has 3 rings (SSSR count). The van der Waals surface area contributed by atoms with E-state index in [1.165, 1.54) is 11.3 Å². The number of hydrogen-bond donors (Lipinski definition) is 1. The smallest absolute Gasteiger partial charge is 0.308 e. The number of aromatic nitrogens is 1. The number of aliphatic carboxylic acids is 1. The molecule has 20 heavy (non-hydrogen) atoms. The molecule has 2 aromatic rings. The van der Waals surface area contributed by atoms with Crippen LogP contribution in [0.2, 0.25) is 5.02 Å². The van der Waals surface area contributed by atoms with Crippen LogP contribution in [0.15, 0.2) is 24.3 Å². The van der Waals surface area contributed by atoms with Crippen molar-refractivity contribution in [2.24, 2.45) is 0 Å². The van der Waals surface area contributed by atoms with E-state index in [4.69, 9.17) is 16.7 Å². The third-order valence-corrected chi connectivity index (χ3v) is 4.64. The van der Waals surface area contributed by atoms with Crippen LogP contribution in [-0.2, 0) is 17.6 Å². The number of carboxylic acids is 1. The summed E-state index contributed by atoms with van der Waals surface area (Å²) in [6.45, 7) is 0. The van der Waals surface area contributed by atoms with E-state index in [1.807, 2.05) is 24.3 Å². The van der Waals surface area contributed by atoms with E-state index >= 15 is 0 Å². The summed E-state index contributed by atoms with van der Waals surface area (Å²) >= 11 is 7.40. The van der Waals surface area contributed by atoms with Crippen LogP contribution >= 0.6 is 22.9 Å². The van der Waals surface area contributed by atoms with Crippen molar-refractivity contribution in [3.8, 4) is 0 Å². The Kier molecular flexibility index (Phi) is 3.76. The molecule has 1 aromatic heterocycles. The Bertz CT molecular complexity index is 632. The molecular formula is C15H14ClNO2S. The van der Waals surface area contributed by atoms with Crippen LogP contribution in [0.5, 0.6) is 0 Å². The van der Waals surface area contributed by atoms with Crippen molar-refractivity contribution in [2.75, 3.05) is 0 Å². The summed E-state index contributed by atoms with van der Waals surface area (Å²) in [5.74, 6) is -0.298. The van der Waals surface area contributed by atoms with Crippen LogP contribution in [-0.4, -0.2) is 16.1 Å². The molecule has 1 aliphatic carbocycles. The summed E-state index contributed by atoms with van der Waals surface area (Å²) < 4.78 is 0. The zero-order valence-corrected chi connectivity index (χ0v) is 12.4. The van der Waals surface area contributed by atoms with Gasteiger partial charge in [0.05, 0.1) is 17.1 Å². The molecule has 3 nitrogen and oxygen atoms in total. The molecule has 1 aliphatic rings. The Hall–Kier alpha value is -1.39. The molecule has 0 radical (unpaired) electrons. The molecule has 0 aliphatic heterocycles. The molecule has 1 N–H and O–H groups in total. The van der Waals surface area contributed by atoms with Gasteiger partial charge in [-0.15, -0.1) is 11.3 Å². The van der Waals surface area contributed by atoms with Gasteiger partial charge in [0.1, 0.15) is 0 Å². The second kappa shape index (κ2) is 5.54. The molecule has 1 saturated carbocycles. The Morgan fingerprint density at radius 1 is 1.35 bits per heavy atom. The van der Waals surface area contributed by atoms with Gasteiger partial charge in [0.25, 0.3) is 0 Å². The molecule has 5 heteroatoms. The molecule has 1 fully saturated rings. The summed E-state index contributed by atoms with van der Waals surface area (Å²) in [7, 11) is 0. The maximum atomic E-state index is 10.9. The van der Waals surface area contributed by atoms with Gasteiger partial charge < -0.3 is 5.11 Å². The summed E-state index contributed by atoms with van der Waals surface area (Å²) in [6, 6.07) is 7.70. The van der Waals surface area contributed by atoms with Crippen LogP contribution < -0.4 is 0 Å². The standard InChI is InChI=1S/C15H14ClNO2S/c16-11-5-1-9(2-6-11)7-13-17-15(10-3-4-10)12(20-13)8-14(18)19/h1-2,5-6,10H,3-4,7-8H2,(H,18,19). The Labute approximate surface area is 126 Å². The average molecular weight is 308 g/mol. The molecule has 0 saturated heterocycles. The number of halogens is 1. The van der Waals surface area contributed by atoms with E-state index in [0.717, 1.165) is 45.4 Å². The van der Waals surface area contributed by atoms with Crippen molar-refractivity contribution in [1.82, 2.24) is 4.98 Å². The fourth-order valence-corrected chi connectivity index (χ4v) is 3.51. The highest BCUT2D eigenvalue weighted by Crippen LogP contribution is 2.43. The normalized spacial score (nSPS) is 14.4. The van der Waals surface area contributed by atoms with Crippen LogP contribution in [0.25, 0.3) is 0 Å². The zero-order valence-electron chi connectivity index (χ0n) is 10.8. The van der Waals surface area contributed by atoms with E-state index in [-0.39, 0.29) is 6.42 Å². The molecule has 1 heterocycles. The number of rotatable bonds is 5. The van der Waals surface area contributed by atoms with Crippen molar-refractivity contribution in [1.29, 1.82) is 0 Å². The molecule has 0 bridgehead atoms. The van der Waals surface area contributed by atoms with E-state index in [1.54, 1.807) is 0 Å². The number of thiazole rings is 1. The Morgan fingerprint density at radius 2 is 2.05 bits per heavy atom. The van der Waals surface area contributed by atoms with Gasteiger partial charge >= 0.3 is 5.97 Å². The number of carbonyl (C=O) groups is 1. The monoisotopic (exact) mass is 307 g/mol. The first-order chi connectivity index (χ1) is 9.61. The van der Waals surface area contributed by atoms with Crippen molar-refractivity contribution >= 4 is 28.9 Å². The summed E-state index contributed by atoms with van der Waals surface area (Å²) in [5, 5.41) is 10.7. The topological polar surface area (TPSA) is 50.2 Å². The van der Waals surface area contributed by atoms with Crippen LogP contribution in [0.1, 0.15) is 39.9 Å². The molecule has 104 valence electrons. The van der Waals surface area contributed by atoms with Crippen LogP contribution in [0.3, 0.4) is 0 Å². The van der Waals surface area contributed by atoms with E-state index < -0.39 is 5.97 Å². The van der Waals surface area contributed by atoms with Gasteiger partial charge in [-0.1, -0.05) is 23.7 Å². The van der Waals surface area contributed by atoms with E-state index in [2.05, 4.69) is 4.98 Å². The van der Waals surface area contributed by atoms with Gasteiger partial charge in [-0.3, -0.25) is 4.79 Å². The third-order valence-electron chi connectivity index (χ3n) is 3.32. The van der Waals surface area contributed by atoms with Gasteiger partial charge in [-0.05, 0) is 30.5 Å². The van der Waals surface area contributed by atoms with Gasteiger partial charge in [0.2, 0.25) is 0 Å². The van der Waals surface area contributed by atoms with Crippen molar-refractivity contribution in [3.05, 3.63) is 50.4 Å². The fraction of sp³-hybridized carbons (Fsp3) is 0.333. The van der Waals surface area contributed by atoms with Gasteiger partial charge in [0.15, 0.2) is 0 Å². The largest absolute Gasteiger partial charge is 0.481 e. The third kappa shape index (κ3) is 3.19. The van der Waals surface area contributed by atoms with Gasteiger partial charge in [-0.25, -0.2) is 4.98 Å². The second-order valence-corrected chi connectivity index (χ2v) is 6.67. The zero-order chi connectivity index (χ0) is 14.1. The first-order valence-corrected chi connectivity index (χ1v) is 7.76. The van der Waals surface area contributed by atoms with Crippen molar-refractivity contribution < 1.29 is 9.90 Å². The number of benzene rings is 1. The number of hydrogen-bond acceptors (Lipinski definition) is 3. The fourth-order valence-electron chi connectivity index (χ4n) is 2.21. The van der Waals surface area contributed by atoms with Gasteiger partial charge in [0, 0.05) is 22.2 Å². The van der Waals surface area contributed by atoms with Crippen molar-refractivity contribution in [2.45, 2.75) is 31.6 Å². The Balaban J connectivity index is 1.82.